The van der Waals surface area contributed by atoms with Crippen LogP contribution < -0.4 is 0 Å². The summed E-state index contributed by atoms with van der Waals surface area (Å²) >= 11 is 1.59. The third kappa shape index (κ3) is 3.70. The number of aryl methyl sites for hydroxylation is 1. The monoisotopic (exact) mass is 302 g/mol. The van der Waals surface area contributed by atoms with Crippen LogP contribution in [-0.4, -0.2) is 28.9 Å². The van der Waals surface area contributed by atoms with Crippen LogP contribution >= 0.6 is 11.3 Å². The fourth-order valence-corrected chi connectivity index (χ4v) is 3.21. The maximum absolute atomic E-state index is 12.7. The fraction of sp³-hybridized carbons (Fsp3) is 0.412. The lowest BCUT2D eigenvalue weighted by atomic mass is 10.2. The summed E-state index contributed by atoms with van der Waals surface area (Å²) in [5, 5.41) is 0.921. The summed E-state index contributed by atoms with van der Waals surface area (Å²) in [6.07, 6.45) is 1.95. The summed E-state index contributed by atoms with van der Waals surface area (Å²) in [6, 6.07) is 10.0. The molecule has 1 aromatic heterocycles. The standard InChI is InChI=1S/C17H22N2OS/c1-4-11-19(12-5-2)17(20)15-13(3)21-16(18-15)14-9-7-6-8-10-14/h6-10H,4-5,11-12H2,1-3H3. The number of carbonyl (C=O) groups excluding carboxylic acids is 1. The van der Waals surface area contributed by atoms with E-state index in [1.807, 2.05) is 42.2 Å². The van der Waals surface area contributed by atoms with Crippen LogP contribution in [0.2, 0.25) is 0 Å². The molecular formula is C17H22N2OS. The molecule has 0 spiro atoms. The Kier molecular flexibility index (Phi) is 5.51. The van der Waals surface area contributed by atoms with Crippen LogP contribution in [0, 0.1) is 6.92 Å². The van der Waals surface area contributed by atoms with Gasteiger partial charge in [-0.1, -0.05) is 44.2 Å². The van der Waals surface area contributed by atoms with Crippen molar-refractivity contribution in [1.82, 2.24) is 9.88 Å². The number of aromatic nitrogens is 1. The van der Waals surface area contributed by atoms with Gasteiger partial charge in [0.2, 0.25) is 0 Å². The Labute approximate surface area is 130 Å². The van der Waals surface area contributed by atoms with Crippen LogP contribution in [0.15, 0.2) is 30.3 Å². The van der Waals surface area contributed by atoms with Crippen molar-refractivity contribution in [3.8, 4) is 10.6 Å². The predicted octanol–water partition coefficient (Wildman–Crippen LogP) is 4.38. The maximum Gasteiger partial charge on any atom is 0.273 e. The SMILES string of the molecule is CCCN(CCC)C(=O)c1nc(-c2ccccc2)sc1C. The summed E-state index contributed by atoms with van der Waals surface area (Å²) in [7, 11) is 0. The smallest absolute Gasteiger partial charge is 0.273 e. The largest absolute Gasteiger partial charge is 0.337 e. The third-order valence-corrected chi connectivity index (χ3v) is 4.31. The fourth-order valence-electron chi connectivity index (χ4n) is 2.30. The highest BCUT2D eigenvalue weighted by Gasteiger charge is 2.21. The Balaban J connectivity index is 2.28. The van der Waals surface area contributed by atoms with Gasteiger partial charge in [-0.2, -0.15) is 0 Å². The predicted molar refractivity (Wildman–Crippen MR) is 88.8 cm³/mol. The van der Waals surface area contributed by atoms with Gasteiger partial charge in [-0.3, -0.25) is 4.79 Å². The van der Waals surface area contributed by atoms with Crippen molar-refractivity contribution in [2.75, 3.05) is 13.1 Å². The summed E-state index contributed by atoms with van der Waals surface area (Å²) in [5.74, 6) is 0.0645. The van der Waals surface area contributed by atoms with E-state index in [0.29, 0.717) is 5.69 Å². The average Bonchev–Trinajstić information content (AvgIpc) is 2.89. The van der Waals surface area contributed by atoms with E-state index in [0.717, 1.165) is 41.4 Å². The number of nitrogens with zero attached hydrogens (tertiary/aromatic N) is 2. The van der Waals surface area contributed by atoms with Gasteiger partial charge in [0.15, 0.2) is 0 Å². The van der Waals surface area contributed by atoms with Crippen LogP contribution in [0.3, 0.4) is 0 Å². The number of rotatable bonds is 6. The summed E-state index contributed by atoms with van der Waals surface area (Å²) in [5.41, 5.74) is 1.68. The second-order valence-electron chi connectivity index (χ2n) is 5.08. The molecule has 21 heavy (non-hydrogen) atoms. The van der Waals surface area contributed by atoms with E-state index >= 15 is 0 Å². The van der Waals surface area contributed by atoms with E-state index in [9.17, 15) is 4.79 Å². The van der Waals surface area contributed by atoms with Crippen LogP contribution in [0.4, 0.5) is 0 Å². The van der Waals surface area contributed by atoms with Crippen LogP contribution in [-0.2, 0) is 0 Å². The number of hydrogen-bond donors (Lipinski definition) is 0. The topological polar surface area (TPSA) is 33.2 Å². The van der Waals surface area contributed by atoms with E-state index < -0.39 is 0 Å². The van der Waals surface area contributed by atoms with E-state index in [1.165, 1.54) is 0 Å². The number of thiazole rings is 1. The maximum atomic E-state index is 12.7. The molecule has 1 amide bonds. The average molecular weight is 302 g/mol. The van der Waals surface area contributed by atoms with E-state index in [2.05, 4.69) is 18.8 Å². The third-order valence-electron chi connectivity index (χ3n) is 3.29. The lowest BCUT2D eigenvalue weighted by Crippen LogP contribution is -2.33. The first-order chi connectivity index (χ1) is 10.2. The number of benzene rings is 1. The molecule has 0 bridgehead atoms. The highest BCUT2D eigenvalue weighted by atomic mass is 32.1. The van der Waals surface area contributed by atoms with Gasteiger partial charge in [-0.15, -0.1) is 11.3 Å². The molecule has 3 nitrogen and oxygen atoms in total. The molecule has 1 aromatic carbocycles. The Hall–Kier alpha value is -1.68. The van der Waals surface area contributed by atoms with Crippen molar-refractivity contribution in [3.05, 3.63) is 40.9 Å². The number of hydrogen-bond acceptors (Lipinski definition) is 3. The highest BCUT2D eigenvalue weighted by molar-refractivity contribution is 7.15. The van der Waals surface area contributed by atoms with Crippen molar-refractivity contribution < 1.29 is 4.79 Å². The molecule has 0 unspecified atom stereocenters. The van der Waals surface area contributed by atoms with Crippen LogP contribution in [0.25, 0.3) is 10.6 Å². The second-order valence-corrected chi connectivity index (χ2v) is 6.29. The quantitative estimate of drug-likeness (QED) is 0.793. The van der Waals surface area contributed by atoms with Gasteiger partial charge in [0, 0.05) is 23.5 Å². The van der Waals surface area contributed by atoms with Gasteiger partial charge in [0.1, 0.15) is 10.7 Å². The lowest BCUT2D eigenvalue weighted by molar-refractivity contribution is 0.0750. The van der Waals surface area contributed by atoms with Crippen molar-refractivity contribution in [1.29, 1.82) is 0 Å². The molecule has 1 heterocycles. The molecule has 0 saturated heterocycles. The van der Waals surface area contributed by atoms with Gasteiger partial charge in [0.05, 0.1) is 0 Å². The molecule has 0 aliphatic carbocycles. The molecular weight excluding hydrogens is 280 g/mol. The zero-order valence-electron chi connectivity index (χ0n) is 12.9. The molecule has 0 aliphatic heterocycles. The molecule has 0 saturated carbocycles. The Bertz CT molecular complexity index is 586. The van der Waals surface area contributed by atoms with Gasteiger partial charge in [0.25, 0.3) is 5.91 Å². The Morgan fingerprint density at radius 3 is 2.33 bits per heavy atom. The van der Waals surface area contributed by atoms with Crippen molar-refractivity contribution in [3.63, 3.8) is 0 Å². The molecule has 0 atom stereocenters. The molecule has 0 aliphatic rings. The van der Waals surface area contributed by atoms with E-state index in [4.69, 9.17) is 0 Å². The lowest BCUT2D eigenvalue weighted by Gasteiger charge is -2.20. The number of carbonyl (C=O) groups is 1. The normalized spacial score (nSPS) is 10.6. The summed E-state index contributed by atoms with van der Waals surface area (Å²) in [4.78, 5) is 20.2. The Morgan fingerprint density at radius 1 is 1.14 bits per heavy atom. The molecule has 0 fully saturated rings. The van der Waals surface area contributed by atoms with Crippen LogP contribution in [0.5, 0.6) is 0 Å². The minimum absolute atomic E-state index is 0.0645. The van der Waals surface area contributed by atoms with E-state index in [-0.39, 0.29) is 5.91 Å². The summed E-state index contributed by atoms with van der Waals surface area (Å²) in [6.45, 7) is 7.76. The molecule has 0 radical (unpaired) electrons. The highest BCUT2D eigenvalue weighted by Crippen LogP contribution is 2.28. The second kappa shape index (κ2) is 7.36. The van der Waals surface area contributed by atoms with Crippen molar-refractivity contribution >= 4 is 17.2 Å². The number of amides is 1. The molecule has 112 valence electrons. The zero-order chi connectivity index (χ0) is 15.2. The minimum atomic E-state index is 0.0645. The van der Waals surface area contributed by atoms with Gasteiger partial charge >= 0.3 is 0 Å². The Morgan fingerprint density at radius 2 is 1.76 bits per heavy atom. The minimum Gasteiger partial charge on any atom is -0.337 e. The van der Waals surface area contributed by atoms with E-state index in [1.54, 1.807) is 11.3 Å². The first kappa shape index (κ1) is 15.7. The van der Waals surface area contributed by atoms with Crippen molar-refractivity contribution in [2.45, 2.75) is 33.6 Å². The molecule has 0 N–H and O–H groups in total. The van der Waals surface area contributed by atoms with Gasteiger partial charge in [-0.05, 0) is 19.8 Å². The molecule has 2 aromatic rings. The van der Waals surface area contributed by atoms with Crippen LogP contribution in [0.1, 0.15) is 42.1 Å². The van der Waals surface area contributed by atoms with Gasteiger partial charge in [-0.25, -0.2) is 4.98 Å². The first-order valence-corrected chi connectivity index (χ1v) is 8.31. The van der Waals surface area contributed by atoms with Crippen molar-refractivity contribution in [2.24, 2.45) is 0 Å². The summed E-state index contributed by atoms with van der Waals surface area (Å²) < 4.78 is 0. The first-order valence-electron chi connectivity index (χ1n) is 7.49. The molecule has 4 heteroatoms. The zero-order valence-corrected chi connectivity index (χ0v) is 13.7. The molecule has 2 rings (SSSR count). The van der Waals surface area contributed by atoms with Gasteiger partial charge < -0.3 is 4.90 Å².